The smallest absolute Gasteiger partial charge is 0.230 e. The molecule has 2 aromatic carbocycles. The Morgan fingerprint density at radius 2 is 1.82 bits per heavy atom. The van der Waals surface area contributed by atoms with E-state index in [1.807, 2.05) is 18.2 Å². The summed E-state index contributed by atoms with van der Waals surface area (Å²) >= 11 is 1.35. The average Bonchev–Trinajstić information content (AvgIpc) is 3.30. The number of para-hydroxylation sites is 1. The third-order valence-corrected chi connectivity index (χ3v) is 7.96. The molecule has 8 nitrogen and oxygen atoms in total. The lowest BCUT2D eigenvalue weighted by atomic mass is 10.2. The fourth-order valence-corrected chi connectivity index (χ4v) is 5.62. The maximum Gasteiger partial charge on any atom is 0.230 e. The number of amides is 1. The number of carbonyl (C=O) groups excluding carboxylic acids is 1. The summed E-state index contributed by atoms with van der Waals surface area (Å²) in [4.78, 5) is 23.7. The van der Waals surface area contributed by atoms with Crippen molar-refractivity contribution in [1.29, 1.82) is 0 Å². The zero-order chi connectivity index (χ0) is 24.1. The molecule has 0 aliphatic rings. The van der Waals surface area contributed by atoms with E-state index >= 15 is 0 Å². The highest BCUT2D eigenvalue weighted by Crippen LogP contribution is 2.35. The molecule has 0 spiro atoms. The van der Waals surface area contributed by atoms with Crippen LogP contribution in [-0.4, -0.2) is 44.3 Å². The molecule has 4 aromatic rings. The van der Waals surface area contributed by atoms with Gasteiger partial charge in [-0.15, -0.1) is 0 Å². The van der Waals surface area contributed by atoms with Crippen LogP contribution < -0.4 is 14.4 Å². The van der Waals surface area contributed by atoms with Gasteiger partial charge in [-0.1, -0.05) is 23.5 Å². The van der Waals surface area contributed by atoms with E-state index in [1.165, 1.54) is 35.5 Å². The van der Waals surface area contributed by atoms with Crippen molar-refractivity contribution in [2.24, 2.45) is 0 Å². The lowest BCUT2D eigenvalue weighted by Gasteiger charge is -2.20. The van der Waals surface area contributed by atoms with Gasteiger partial charge in [0.1, 0.15) is 17.0 Å². The fraction of sp³-hybridized carbons (Fsp3) is 0.208. The molecule has 176 valence electrons. The summed E-state index contributed by atoms with van der Waals surface area (Å²) in [5, 5.41) is 0.468. The van der Waals surface area contributed by atoms with Crippen molar-refractivity contribution < 1.29 is 22.7 Å². The number of thiazole rings is 1. The second-order valence-corrected chi connectivity index (χ2v) is 10.5. The minimum absolute atomic E-state index is 0.143. The molecule has 0 aliphatic heterocycles. The fourth-order valence-electron chi connectivity index (χ4n) is 3.39. The Balaban J connectivity index is 1.60. The van der Waals surface area contributed by atoms with E-state index in [9.17, 15) is 13.2 Å². The van der Waals surface area contributed by atoms with E-state index in [2.05, 4.69) is 9.97 Å². The van der Waals surface area contributed by atoms with Crippen molar-refractivity contribution in [3.8, 4) is 11.5 Å². The second kappa shape index (κ2) is 10.2. The van der Waals surface area contributed by atoms with Gasteiger partial charge in [-0.2, -0.15) is 0 Å². The van der Waals surface area contributed by atoms with Crippen LogP contribution in [-0.2, 0) is 21.2 Å². The van der Waals surface area contributed by atoms with Gasteiger partial charge in [-0.05, 0) is 48.0 Å². The summed E-state index contributed by atoms with van der Waals surface area (Å²) in [6.07, 6.45) is 3.13. The summed E-state index contributed by atoms with van der Waals surface area (Å²) in [5.74, 6) is 0.495. The number of aromatic nitrogens is 2. The molecule has 0 saturated heterocycles. The minimum atomic E-state index is -3.66. The molecule has 1 amide bonds. The molecule has 0 N–H and O–H groups in total. The molecule has 0 radical (unpaired) electrons. The normalized spacial score (nSPS) is 11.4. The van der Waals surface area contributed by atoms with Crippen LogP contribution in [0.25, 0.3) is 10.2 Å². The molecule has 2 aromatic heterocycles. The summed E-state index contributed by atoms with van der Waals surface area (Å²) < 4.78 is 37.0. The number of pyridine rings is 1. The first-order valence-corrected chi connectivity index (χ1v) is 12.9. The highest BCUT2D eigenvalue weighted by Gasteiger charge is 2.24. The van der Waals surface area contributed by atoms with E-state index < -0.39 is 9.84 Å². The second-order valence-electron chi connectivity index (χ2n) is 7.39. The first kappa shape index (κ1) is 23.7. The topological polar surface area (TPSA) is 98.7 Å². The number of anilines is 1. The number of rotatable bonds is 9. The van der Waals surface area contributed by atoms with Gasteiger partial charge in [0, 0.05) is 18.8 Å². The molecule has 34 heavy (non-hydrogen) atoms. The Hall–Kier alpha value is -3.50. The Morgan fingerprint density at radius 1 is 1.03 bits per heavy atom. The summed E-state index contributed by atoms with van der Waals surface area (Å²) in [5.41, 5.74) is 1.46. The third kappa shape index (κ3) is 5.18. The molecule has 10 heteroatoms. The van der Waals surface area contributed by atoms with E-state index in [4.69, 9.17) is 9.47 Å². The van der Waals surface area contributed by atoms with E-state index in [1.54, 1.807) is 43.8 Å². The van der Waals surface area contributed by atoms with Gasteiger partial charge in [0.05, 0.1) is 36.1 Å². The van der Waals surface area contributed by atoms with E-state index in [-0.39, 0.29) is 29.5 Å². The summed E-state index contributed by atoms with van der Waals surface area (Å²) in [6, 6.07) is 15.3. The predicted octanol–water partition coefficient (Wildman–Crippen LogP) is 4.11. The zero-order valence-electron chi connectivity index (χ0n) is 18.7. The van der Waals surface area contributed by atoms with Gasteiger partial charge in [-0.25, -0.2) is 13.4 Å². The molecule has 0 bridgehead atoms. The van der Waals surface area contributed by atoms with Gasteiger partial charge >= 0.3 is 0 Å². The van der Waals surface area contributed by atoms with Crippen LogP contribution in [0.5, 0.6) is 11.5 Å². The number of methoxy groups -OCH3 is 2. The largest absolute Gasteiger partial charge is 0.497 e. The number of hydrogen-bond acceptors (Lipinski definition) is 8. The zero-order valence-corrected chi connectivity index (χ0v) is 20.3. The molecular weight excluding hydrogens is 474 g/mol. The van der Waals surface area contributed by atoms with Crippen LogP contribution in [0.2, 0.25) is 0 Å². The standard InChI is InChI=1S/C24H23N3O5S2/c1-31-18-8-10-19(11-9-18)34(29,30)14-12-22(28)27(16-17-5-4-13-25-15-17)24-26-23-20(32-2)6-3-7-21(23)33-24/h3-11,13,15H,12,14,16H2,1-2H3. The van der Waals surface area contributed by atoms with E-state index in [0.29, 0.717) is 22.1 Å². The van der Waals surface area contributed by atoms with Crippen LogP contribution in [0.1, 0.15) is 12.0 Å². The highest BCUT2D eigenvalue weighted by molar-refractivity contribution is 7.91. The third-order valence-electron chi connectivity index (χ3n) is 5.19. The van der Waals surface area contributed by atoms with Crippen LogP contribution in [0.3, 0.4) is 0 Å². The van der Waals surface area contributed by atoms with Crippen molar-refractivity contribution in [3.05, 3.63) is 72.6 Å². The van der Waals surface area contributed by atoms with Crippen LogP contribution in [0.4, 0.5) is 5.13 Å². The molecule has 0 fully saturated rings. The van der Waals surface area contributed by atoms with Crippen molar-refractivity contribution in [1.82, 2.24) is 9.97 Å². The first-order chi connectivity index (χ1) is 16.4. The molecule has 0 aliphatic carbocycles. The number of nitrogens with zero attached hydrogens (tertiary/aromatic N) is 3. The number of fused-ring (bicyclic) bond motifs is 1. The Labute approximate surface area is 201 Å². The van der Waals surface area contributed by atoms with Crippen molar-refractivity contribution in [2.45, 2.75) is 17.9 Å². The van der Waals surface area contributed by atoms with Crippen molar-refractivity contribution in [2.75, 3.05) is 24.9 Å². The average molecular weight is 498 g/mol. The highest BCUT2D eigenvalue weighted by atomic mass is 32.2. The van der Waals surface area contributed by atoms with Gasteiger partial charge in [0.25, 0.3) is 0 Å². The van der Waals surface area contributed by atoms with Gasteiger partial charge in [0.2, 0.25) is 5.91 Å². The van der Waals surface area contributed by atoms with Gasteiger partial charge < -0.3 is 9.47 Å². The summed E-state index contributed by atoms with van der Waals surface area (Å²) in [7, 11) is -0.580. The number of hydrogen-bond donors (Lipinski definition) is 0. The SMILES string of the molecule is COc1ccc(S(=O)(=O)CCC(=O)N(Cc2cccnc2)c2nc3c(OC)cccc3s2)cc1. The van der Waals surface area contributed by atoms with Crippen LogP contribution in [0, 0.1) is 0 Å². The molecule has 4 rings (SSSR count). The quantitative estimate of drug-likeness (QED) is 0.343. The van der Waals surface area contributed by atoms with Crippen LogP contribution >= 0.6 is 11.3 Å². The van der Waals surface area contributed by atoms with Crippen LogP contribution in [0.15, 0.2) is 71.9 Å². The monoisotopic (exact) mass is 497 g/mol. The number of ether oxygens (including phenoxy) is 2. The minimum Gasteiger partial charge on any atom is -0.497 e. The predicted molar refractivity (Wildman–Crippen MR) is 131 cm³/mol. The molecule has 0 unspecified atom stereocenters. The molecule has 2 heterocycles. The maximum atomic E-state index is 13.3. The summed E-state index contributed by atoms with van der Waals surface area (Å²) in [6.45, 7) is 0.220. The lowest BCUT2D eigenvalue weighted by molar-refractivity contribution is -0.118. The Kier molecular flexibility index (Phi) is 7.09. The number of sulfone groups is 1. The first-order valence-electron chi connectivity index (χ1n) is 10.4. The number of benzene rings is 2. The van der Waals surface area contributed by atoms with Crippen molar-refractivity contribution in [3.63, 3.8) is 0 Å². The van der Waals surface area contributed by atoms with Gasteiger partial charge in [0.15, 0.2) is 15.0 Å². The lowest BCUT2D eigenvalue weighted by Crippen LogP contribution is -2.31. The van der Waals surface area contributed by atoms with Crippen molar-refractivity contribution >= 4 is 42.4 Å². The number of carbonyl (C=O) groups is 1. The maximum absolute atomic E-state index is 13.3. The Morgan fingerprint density at radius 3 is 2.50 bits per heavy atom. The van der Waals surface area contributed by atoms with Gasteiger partial charge in [-0.3, -0.25) is 14.7 Å². The van der Waals surface area contributed by atoms with E-state index in [0.717, 1.165) is 10.3 Å². The molecular formula is C24H23N3O5S2. The molecule has 0 atom stereocenters. The molecule has 0 saturated carbocycles. The Bertz CT molecular complexity index is 1390.